The fraction of sp³-hybridized carbons (Fsp3) is 0.938. The van der Waals surface area contributed by atoms with E-state index in [1.807, 2.05) is 7.05 Å². The lowest BCUT2D eigenvalue weighted by atomic mass is 9.91. The number of carbonyl (C=O) groups excluding carboxylic acids is 1. The molecule has 3 nitrogen and oxygen atoms in total. The average Bonchev–Trinajstić information content (AvgIpc) is 2.92. The van der Waals surface area contributed by atoms with Crippen molar-refractivity contribution in [2.45, 2.75) is 51.9 Å². The van der Waals surface area contributed by atoms with Crippen molar-refractivity contribution in [3.63, 3.8) is 0 Å². The Labute approximate surface area is 130 Å². The second kappa shape index (κ2) is 8.89. The fourth-order valence-corrected chi connectivity index (χ4v) is 3.80. The van der Waals surface area contributed by atoms with Crippen LogP contribution in [0.5, 0.6) is 0 Å². The quantitative estimate of drug-likeness (QED) is 0.846. The smallest absolute Gasteiger partial charge is 0.225 e. The maximum Gasteiger partial charge on any atom is 0.225 e. The highest BCUT2D eigenvalue weighted by atomic mass is 35.5. The van der Waals surface area contributed by atoms with Crippen LogP contribution < -0.4 is 5.32 Å². The first-order chi connectivity index (χ1) is 9.20. The summed E-state index contributed by atoms with van der Waals surface area (Å²) in [5.74, 6) is 2.23. The maximum atomic E-state index is 12.5. The van der Waals surface area contributed by atoms with Gasteiger partial charge in [-0.1, -0.05) is 32.6 Å². The number of carbonyl (C=O) groups is 1. The molecule has 2 aliphatic rings. The fourth-order valence-electron chi connectivity index (χ4n) is 3.80. The Morgan fingerprint density at radius 2 is 1.75 bits per heavy atom. The van der Waals surface area contributed by atoms with E-state index in [4.69, 9.17) is 0 Å². The van der Waals surface area contributed by atoms with Crippen LogP contribution in [-0.2, 0) is 4.79 Å². The van der Waals surface area contributed by atoms with E-state index in [9.17, 15) is 4.79 Å². The van der Waals surface area contributed by atoms with Gasteiger partial charge in [-0.25, -0.2) is 0 Å². The standard InChI is InChI=1S/C16H30N2O.ClH/c1-13(11-14-5-3-4-6-14)16(19)18-9-7-15(8-10-18)12-17-2;/h13-15,17H,3-12H2,1-2H3;1H. The lowest BCUT2D eigenvalue weighted by Gasteiger charge is -2.34. The number of likely N-dealkylation sites (tertiary alicyclic amines) is 1. The Balaban J connectivity index is 0.00000200. The van der Waals surface area contributed by atoms with Crippen molar-refractivity contribution in [1.82, 2.24) is 10.2 Å². The summed E-state index contributed by atoms with van der Waals surface area (Å²) in [4.78, 5) is 14.6. The van der Waals surface area contributed by atoms with Gasteiger partial charge in [-0.05, 0) is 44.7 Å². The largest absolute Gasteiger partial charge is 0.342 e. The monoisotopic (exact) mass is 302 g/mol. The number of nitrogens with zero attached hydrogens (tertiary/aromatic N) is 1. The second-order valence-electron chi connectivity index (χ2n) is 6.61. The Morgan fingerprint density at radius 1 is 1.15 bits per heavy atom. The van der Waals surface area contributed by atoms with Gasteiger partial charge in [0.15, 0.2) is 0 Å². The summed E-state index contributed by atoms with van der Waals surface area (Å²) in [5, 5.41) is 3.25. The molecule has 1 atom stereocenters. The number of hydrogen-bond acceptors (Lipinski definition) is 2. The van der Waals surface area contributed by atoms with Gasteiger partial charge in [0, 0.05) is 19.0 Å². The van der Waals surface area contributed by atoms with E-state index in [0.29, 0.717) is 5.91 Å². The molecule has 1 aliphatic heterocycles. The number of rotatable bonds is 5. The zero-order valence-electron chi connectivity index (χ0n) is 13.1. The summed E-state index contributed by atoms with van der Waals surface area (Å²) in [6.45, 7) is 5.18. The van der Waals surface area contributed by atoms with Crippen LogP contribution in [0, 0.1) is 17.8 Å². The molecule has 2 rings (SSSR count). The lowest BCUT2D eigenvalue weighted by Crippen LogP contribution is -2.43. The first-order valence-electron chi connectivity index (χ1n) is 8.14. The zero-order valence-corrected chi connectivity index (χ0v) is 13.9. The molecule has 1 saturated carbocycles. The summed E-state index contributed by atoms with van der Waals surface area (Å²) < 4.78 is 0. The number of hydrogen-bond donors (Lipinski definition) is 1. The van der Waals surface area contributed by atoms with Gasteiger partial charge in [-0.3, -0.25) is 4.79 Å². The topological polar surface area (TPSA) is 32.3 Å². The van der Waals surface area contributed by atoms with Crippen LogP contribution in [0.1, 0.15) is 51.9 Å². The van der Waals surface area contributed by atoms with Gasteiger partial charge in [-0.15, -0.1) is 12.4 Å². The minimum Gasteiger partial charge on any atom is -0.342 e. The highest BCUT2D eigenvalue weighted by Gasteiger charge is 2.28. The van der Waals surface area contributed by atoms with E-state index in [1.165, 1.54) is 38.5 Å². The molecule has 1 N–H and O–H groups in total. The van der Waals surface area contributed by atoms with Crippen LogP contribution in [0.4, 0.5) is 0 Å². The Hall–Kier alpha value is -0.280. The molecule has 118 valence electrons. The second-order valence-corrected chi connectivity index (χ2v) is 6.61. The highest BCUT2D eigenvalue weighted by molar-refractivity contribution is 5.85. The molecule has 1 amide bonds. The summed E-state index contributed by atoms with van der Waals surface area (Å²) >= 11 is 0. The third-order valence-corrected chi connectivity index (χ3v) is 5.00. The summed E-state index contributed by atoms with van der Waals surface area (Å²) in [6, 6.07) is 0. The Morgan fingerprint density at radius 3 is 2.30 bits per heavy atom. The van der Waals surface area contributed by atoms with Gasteiger partial charge in [-0.2, -0.15) is 0 Å². The van der Waals surface area contributed by atoms with Crippen LogP contribution >= 0.6 is 12.4 Å². The van der Waals surface area contributed by atoms with Gasteiger partial charge >= 0.3 is 0 Å². The maximum absolute atomic E-state index is 12.5. The van der Waals surface area contributed by atoms with Crippen LogP contribution in [0.2, 0.25) is 0 Å². The van der Waals surface area contributed by atoms with Gasteiger partial charge < -0.3 is 10.2 Å². The van der Waals surface area contributed by atoms with E-state index in [1.54, 1.807) is 0 Å². The van der Waals surface area contributed by atoms with Gasteiger partial charge in [0.25, 0.3) is 0 Å². The SMILES string of the molecule is CNCC1CCN(C(=O)C(C)CC2CCCC2)CC1.Cl. The summed E-state index contributed by atoms with van der Waals surface area (Å²) in [7, 11) is 2.02. The molecule has 0 aromatic heterocycles. The van der Waals surface area contributed by atoms with E-state index in [2.05, 4.69) is 17.1 Å². The molecular weight excluding hydrogens is 272 g/mol. The summed E-state index contributed by atoms with van der Waals surface area (Å²) in [5.41, 5.74) is 0. The van der Waals surface area contributed by atoms with E-state index in [-0.39, 0.29) is 18.3 Å². The molecule has 0 bridgehead atoms. The molecule has 20 heavy (non-hydrogen) atoms. The third kappa shape index (κ3) is 4.92. The van der Waals surface area contributed by atoms with Crippen molar-refractivity contribution < 1.29 is 4.79 Å². The van der Waals surface area contributed by atoms with Crippen LogP contribution in [0.3, 0.4) is 0 Å². The molecule has 0 aromatic carbocycles. The van der Waals surface area contributed by atoms with E-state index in [0.717, 1.165) is 37.9 Å². The first-order valence-corrected chi connectivity index (χ1v) is 8.14. The first kappa shape index (κ1) is 17.8. The third-order valence-electron chi connectivity index (χ3n) is 5.00. The van der Waals surface area contributed by atoms with Crippen molar-refractivity contribution in [2.24, 2.45) is 17.8 Å². The number of nitrogens with one attached hydrogen (secondary N) is 1. The average molecular weight is 303 g/mol. The van der Waals surface area contributed by atoms with E-state index < -0.39 is 0 Å². The van der Waals surface area contributed by atoms with Crippen molar-refractivity contribution in [3.8, 4) is 0 Å². The van der Waals surface area contributed by atoms with Crippen molar-refractivity contribution in [1.29, 1.82) is 0 Å². The van der Waals surface area contributed by atoms with Crippen molar-refractivity contribution in [3.05, 3.63) is 0 Å². The van der Waals surface area contributed by atoms with Crippen LogP contribution in [0.25, 0.3) is 0 Å². The number of piperidine rings is 1. The predicted molar refractivity (Wildman–Crippen MR) is 86.2 cm³/mol. The Bertz CT molecular complexity index is 284. The molecule has 4 heteroatoms. The molecule has 1 saturated heterocycles. The minimum absolute atomic E-state index is 0. The normalized spacial score (nSPS) is 22.6. The predicted octanol–water partition coefficient (Wildman–Crippen LogP) is 3.08. The number of halogens is 1. The molecule has 2 fully saturated rings. The van der Waals surface area contributed by atoms with Gasteiger partial charge in [0.2, 0.25) is 5.91 Å². The molecule has 1 aliphatic carbocycles. The molecule has 0 radical (unpaired) electrons. The Kier molecular flexibility index (Phi) is 7.90. The molecule has 0 aromatic rings. The van der Waals surface area contributed by atoms with Gasteiger partial charge in [0.05, 0.1) is 0 Å². The van der Waals surface area contributed by atoms with Crippen LogP contribution in [0.15, 0.2) is 0 Å². The minimum atomic E-state index is 0. The van der Waals surface area contributed by atoms with Crippen LogP contribution in [-0.4, -0.2) is 37.5 Å². The van der Waals surface area contributed by atoms with Crippen molar-refractivity contribution in [2.75, 3.05) is 26.7 Å². The van der Waals surface area contributed by atoms with Gasteiger partial charge in [0.1, 0.15) is 0 Å². The lowest BCUT2D eigenvalue weighted by molar-refractivity contribution is -0.136. The highest BCUT2D eigenvalue weighted by Crippen LogP contribution is 2.31. The molecule has 1 heterocycles. The number of amides is 1. The summed E-state index contributed by atoms with van der Waals surface area (Å²) in [6.07, 6.45) is 8.91. The molecular formula is C16H31ClN2O. The van der Waals surface area contributed by atoms with Crippen molar-refractivity contribution >= 4 is 18.3 Å². The molecule has 1 unspecified atom stereocenters. The zero-order chi connectivity index (χ0) is 13.7. The van der Waals surface area contributed by atoms with E-state index >= 15 is 0 Å². The molecule has 0 spiro atoms.